The van der Waals surface area contributed by atoms with Gasteiger partial charge in [0.2, 0.25) is 11.8 Å². The lowest BCUT2D eigenvalue weighted by atomic mass is 9.95. The number of nitro groups is 1. The topological polar surface area (TPSA) is 110 Å². The molecule has 8 heteroatoms. The van der Waals surface area contributed by atoms with E-state index in [0.29, 0.717) is 31.6 Å². The van der Waals surface area contributed by atoms with E-state index < -0.39 is 10.8 Å². The lowest BCUT2D eigenvalue weighted by Crippen LogP contribution is -2.40. The van der Waals surface area contributed by atoms with Crippen molar-refractivity contribution in [2.24, 2.45) is 11.7 Å². The summed E-state index contributed by atoms with van der Waals surface area (Å²) < 4.78 is 0. The molecule has 0 spiro atoms. The molecule has 1 heterocycles. The summed E-state index contributed by atoms with van der Waals surface area (Å²) in [7, 11) is 3.45. The SMILES string of the molecule is CN(C)C(=O)C1CCN(c2ccc(C(N)=O)cc2[N+](=O)[O-])CC1. The Hall–Kier alpha value is -2.64. The minimum atomic E-state index is -0.699. The Morgan fingerprint density at radius 1 is 1.30 bits per heavy atom. The van der Waals surface area contributed by atoms with Gasteiger partial charge in [-0.2, -0.15) is 0 Å². The maximum atomic E-state index is 12.0. The zero-order valence-corrected chi connectivity index (χ0v) is 13.2. The quantitative estimate of drug-likeness (QED) is 0.657. The Morgan fingerprint density at radius 2 is 1.91 bits per heavy atom. The van der Waals surface area contributed by atoms with E-state index >= 15 is 0 Å². The van der Waals surface area contributed by atoms with Crippen LogP contribution >= 0.6 is 0 Å². The van der Waals surface area contributed by atoms with Crippen LogP contribution in [-0.4, -0.2) is 48.8 Å². The van der Waals surface area contributed by atoms with Gasteiger partial charge >= 0.3 is 0 Å². The fourth-order valence-electron chi connectivity index (χ4n) is 2.82. The molecule has 0 bridgehead atoms. The maximum Gasteiger partial charge on any atom is 0.293 e. The number of carbonyl (C=O) groups is 2. The molecule has 0 aromatic heterocycles. The van der Waals surface area contributed by atoms with Crippen LogP contribution in [0.4, 0.5) is 11.4 Å². The number of amides is 2. The standard InChI is InChI=1S/C15H20N4O4/c1-17(2)15(21)10-5-7-18(8-6-10)12-4-3-11(14(16)20)9-13(12)19(22)23/h3-4,9-10H,5-8H2,1-2H3,(H2,16,20). The number of hydrogen-bond acceptors (Lipinski definition) is 5. The first kappa shape index (κ1) is 16.7. The number of carbonyl (C=O) groups excluding carboxylic acids is 2. The summed E-state index contributed by atoms with van der Waals surface area (Å²) in [6.07, 6.45) is 1.29. The third-order valence-electron chi connectivity index (χ3n) is 4.08. The van der Waals surface area contributed by atoms with Gasteiger partial charge < -0.3 is 15.5 Å². The van der Waals surface area contributed by atoms with Gasteiger partial charge in [0.1, 0.15) is 5.69 Å². The Bertz CT molecular complexity index is 636. The Balaban J connectivity index is 2.19. The van der Waals surface area contributed by atoms with E-state index in [0.717, 1.165) is 0 Å². The van der Waals surface area contributed by atoms with Gasteiger partial charge in [-0.3, -0.25) is 19.7 Å². The molecule has 1 fully saturated rings. The second kappa shape index (κ2) is 6.64. The number of benzene rings is 1. The highest BCUT2D eigenvalue weighted by atomic mass is 16.6. The number of piperidine rings is 1. The molecule has 0 radical (unpaired) electrons. The van der Waals surface area contributed by atoms with Crippen molar-refractivity contribution in [3.63, 3.8) is 0 Å². The van der Waals surface area contributed by atoms with Crippen molar-refractivity contribution in [2.75, 3.05) is 32.1 Å². The summed E-state index contributed by atoms with van der Waals surface area (Å²) in [4.78, 5) is 37.4. The number of anilines is 1. The summed E-state index contributed by atoms with van der Waals surface area (Å²) in [5.74, 6) is -0.664. The van der Waals surface area contributed by atoms with Crippen LogP contribution in [0.5, 0.6) is 0 Å². The van der Waals surface area contributed by atoms with Gasteiger partial charge in [0, 0.05) is 44.7 Å². The number of nitro benzene ring substituents is 1. The fourth-order valence-corrected chi connectivity index (χ4v) is 2.82. The molecule has 1 aliphatic heterocycles. The number of primary amides is 1. The second-order valence-electron chi connectivity index (χ2n) is 5.82. The molecule has 1 aliphatic rings. The molecule has 2 amide bonds. The third kappa shape index (κ3) is 3.58. The predicted molar refractivity (Wildman–Crippen MR) is 85.2 cm³/mol. The van der Waals surface area contributed by atoms with Gasteiger partial charge in [-0.05, 0) is 25.0 Å². The van der Waals surface area contributed by atoms with Gasteiger partial charge in [0.05, 0.1) is 4.92 Å². The second-order valence-corrected chi connectivity index (χ2v) is 5.82. The van der Waals surface area contributed by atoms with Crippen LogP contribution in [0.25, 0.3) is 0 Å². The van der Waals surface area contributed by atoms with E-state index in [1.807, 2.05) is 4.90 Å². The van der Waals surface area contributed by atoms with Crippen LogP contribution in [0.3, 0.4) is 0 Å². The lowest BCUT2D eigenvalue weighted by molar-refractivity contribution is -0.384. The lowest BCUT2D eigenvalue weighted by Gasteiger charge is -2.33. The average Bonchev–Trinajstić information content (AvgIpc) is 2.53. The van der Waals surface area contributed by atoms with Crippen LogP contribution in [-0.2, 0) is 4.79 Å². The highest BCUT2D eigenvalue weighted by Crippen LogP contribution is 2.32. The van der Waals surface area contributed by atoms with Crippen molar-refractivity contribution >= 4 is 23.2 Å². The van der Waals surface area contributed by atoms with E-state index in [4.69, 9.17) is 5.73 Å². The largest absolute Gasteiger partial charge is 0.366 e. The highest BCUT2D eigenvalue weighted by molar-refractivity contribution is 5.94. The van der Waals surface area contributed by atoms with Crippen molar-refractivity contribution in [1.82, 2.24) is 4.90 Å². The highest BCUT2D eigenvalue weighted by Gasteiger charge is 2.29. The fraction of sp³-hybridized carbons (Fsp3) is 0.467. The minimum Gasteiger partial charge on any atom is -0.366 e. The van der Waals surface area contributed by atoms with Crippen molar-refractivity contribution in [3.05, 3.63) is 33.9 Å². The predicted octanol–water partition coefficient (Wildman–Crippen LogP) is 0.998. The molecular formula is C15H20N4O4. The molecule has 2 rings (SSSR count). The van der Waals surface area contributed by atoms with Crippen molar-refractivity contribution in [3.8, 4) is 0 Å². The van der Waals surface area contributed by atoms with Crippen molar-refractivity contribution in [1.29, 1.82) is 0 Å². The Labute approximate surface area is 134 Å². The normalized spacial score (nSPS) is 15.3. The number of rotatable bonds is 4. The molecule has 0 aliphatic carbocycles. The van der Waals surface area contributed by atoms with E-state index in [1.165, 1.54) is 12.1 Å². The first-order chi connectivity index (χ1) is 10.8. The van der Waals surface area contributed by atoms with Crippen molar-refractivity contribution in [2.45, 2.75) is 12.8 Å². The zero-order chi connectivity index (χ0) is 17.1. The van der Waals surface area contributed by atoms with Gasteiger partial charge in [0.25, 0.3) is 5.69 Å². The molecule has 23 heavy (non-hydrogen) atoms. The average molecular weight is 320 g/mol. The molecule has 124 valence electrons. The van der Waals surface area contributed by atoms with Gasteiger partial charge in [0.15, 0.2) is 0 Å². The van der Waals surface area contributed by atoms with Crippen LogP contribution in [0.1, 0.15) is 23.2 Å². The first-order valence-corrected chi connectivity index (χ1v) is 7.35. The van der Waals surface area contributed by atoms with Crippen LogP contribution in [0.15, 0.2) is 18.2 Å². The first-order valence-electron chi connectivity index (χ1n) is 7.35. The summed E-state index contributed by atoms with van der Waals surface area (Å²) in [6, 6.07) is 4.24. The molecule has 2 N–H and O–H groups in total. The minimum absolute atomic E-state index is 0.0507. The van der Waals surface area contributed by atoms with Gasteiger partial charge in [-0.15, -0.1) is 0 Å². The molecule has 0 saturated carbocycles. The van der Waals surface area contributed by atoms with Crippen molar-refractivity contribution < 1.29 is 14.5 Å². The molecular weight excluding hydrogens is 300 g/mol. The van der Waals surface area contributed by atoms with Crippen LogP contribution in [0.2, 0.25) is 0 Å². The van der Waals surface area contributed by atoms with E-state index in [-0.39, 0.29) is 23.1 Å². The molecule has 8 nitrogen and oxygen atoms in total. The van der Waals surface area contributed by atoms with E-state index in [2.05, 4.69) is 0 Å². The van der Waals surface area contributed by atoms with E-state index in [9.17, 15) is 19.7 Å². The molecule has 1 saturated heterocycles. The number of hydrogen-bond donors (Lipinski definition) is 1. The van der Waals surface area contributed by atoms with Crippen LogP contribution in [0, 0.1) is 16.0 Å². The smallest absolute Gasteiger partial charge is 0.293 e. The summed E-state index contributed by atoms with van der Waals surface area (Å²) >= 11 is 0. The number of nitrogens with two attached hydrogens (primary N) is 1. The Kier molecular flexibility index (Phi) is 4.83. The molecule has 0 unspecified atom stereocenters. The van der Waals surface area contributed by atoms with E-state index in [1.54, 1.807) is 25.1 Å². The number of nitrogens with zero attached hydrogens (tertiary/aromatic N) is 3. The zero-order valence-electron chi connectivity index (χ0n) is 13.2. The van der Waals surface area contributed by atoms with Crippen LogP contribution < -0.4 is 10.6 Å². The maximum absolute atomic E-state index is 12.0. The summed E-state index contributed by atoms with van der Waals surface area (Å²) in [6.45, 7) is 1.11. The third-order valence-corrected chi connectivity index (χ3v) is 4.08. The van der Waals surface area contributed by atoms with Gasteiger partial charge in [-0.25, -0.2) is 0 Å². The van der Waals surface area contributed by atoms with Gasteiger partial charge in [-0.1, -0.05) is 0 Å². The summed E-state index contributed by atoms with van der Waals surface area (Å²) in [5.41, 5.74) is 5.60. The monoisotopic (exact) mass is 320 g/mol. The molecule has 1 aromatic carbocycles. The Morgan fingerprint density at radius 3 is 2.39 bits per heavy atom. The molecule has 0 atom stereocenters. The summed E-state index contributed by atoms with van der Waals surface area (Å²) in [5, 5.41) is 11.3. The molecule has 1 aromatic rings.